The fourth-order valence-electron chi connectivity index (χ4n) is 2.17. The Morgan fingerprint density at radius 3 is 2.35 bits per heavy atom. The highest BCUT2D eigenvalue weighted by atomic mass is 79.9. The Morgan fingerprint density at radius 2 is 1.61 bits per heavy atom. The number of aromatic nitrogens is 2. The van der Waals surface area contributed by atoms with Crippen LogP contribution in [0.15, 0.2) is 59.1 Å². The standard InChI is InChI=1S/C18H17BrN4/c1-12-6-8-15(9-7-12)21-17-10-13(2)20-18(23-17)22-16-5-3-4-14(19)11-16/h3-11H,1-2H3,(H2,20,21,22,23). The van der Waals surface area contributed by atoms with Crippen molar-refractivity contribution in [3.63, 3.8) is 0 Å². The number of hydrogen-bond donors (Lipinski definition) is 2. The van der Waals surface area contributed by atoms with Gasteiger partial charge < -0.3 is 10.6 Å². The van der Waals surface area contributed by atoms with Crippen LogP contribution in [-0.2, 0) is 0 Å². The van der Waals surface area contributed by atoms with Crippen LogP contribution in [0.5, 0.6) is 0 Å². The molecule has 4 nitrogen and oxygen atoms in total. The molecule has 23 heavy (non-hydrogen) atoms. The fourth-order valence-corrected chi connectivity index (χ4v) is 2.57. The minimum Gasteiger partial charge on any atom is -0.340 e. The lowest BCUT2D eigenvalue weighted by Crippen LogP contribution is -2.02. The fraction of sp³-hybridized carbons (Fsp3) is 0.111. The van der Waals surface area contributed by atoms with Crippen LogP contribution in [0.1, 0.15) is 11.3 Å². The Morgan fingerprint density at radius 1 is 0.826 bits per heavy atom. The lowest BCUT2D eigenvalue weighted by atomic mass is 10.2. The number of anilines is 4. The number of halogens is 1. The van der Waals surface area contributed by atoms with Crippen molar-refractivity contribution in [2.75, 3.05) is 10.6 Å². The van der Waals surface area contributed by atoms with E-state index >= 15 is 0 Å². The van der Waals surface area contributed by atoms with Gasteiger partial charge in [-0.3, -0.25) is 0 Å². The monoisotopic (exact) mass is 368 g/mol. The molecule has 0 aliphatic carbocycles. The first-order valence-electron chi connectivity index (χ1n) is 7.30. The van der Waals surface area contributed by atoms with E-state index in [4.69, 9.17) is 0 Å². The highest BCUT2D eigenvalue weighted by Gasteiger charge is 2.04. The zero-order valence-electron chi connectivity index (χ0n) is 13.0. The molecule has 116 valence electrons. The molecule has 0 bridgehead atoms. The van der Waals surface area contributed by atoms with Crippen LogP contribution in [-0.4, -0.2) is 9.97 Å². The molecule has 0 aliphatic rings. The molecule has 3 aromatic rings. The van der Waals surface area contributed by atoms with Crippen LogP contribution >= 0.6 is 15.9 Å². The molecule has 0 saturated carbocycles. The Labute approximate surface area is 144 Å². The van der Waals surface area contributed by atoms with Crippen LogP contribution in [0, 0.1) is 13.8 Å². The molecule has 0 amide bonds. The number of hydrogen-bond acceptors (Lipinski definition) is 4. The first-order valence-corrected chi connectivity index (χ1v) is 8.10. The average Bonchev–Trinajstić information content (AvgIpc) is 2.49. The summed E-state index contributed by atoms with van der Waals surface area (Å²) in [5.74, 6) is 1.33. The zero-order chi connectivity index (χ0) is 16.2. The smallest absolute Gasteiger partial charge is 0.229 e. The summed E-state index contributed by atoms with van der Waals surface area (Å²) in [7, 11) is 0. The molecule has 0 fully saturated rings. The van der Waals surface area contributed by atoms with Crippen molar-refractivity contribution in [3.8, 4) is 0 Å². The normalized spacial score (nSPS) is 10.4. The second kappa shape index (κ2) is 6.79. The van der Waals surface area contributed by atoms with Crippen molar-refractivity contribution in [2.24, 2.45) is 0 Å². The minimum atomic E-state index is 0.567. The highest BCUT2D eigenvalue weighted by Crippen LogP contribution is 2.21. The van der Waals surface area contributed by atoms with Gasteiger partial charge >= 0.3 is 0 Å². The van der Waals surface area contributed by atoms with Crippen molar-refractivity contribution in [2.45, 2.75) is 13.8 Å². The van der Waals surface area contributed by atoms with Gasteiger partial charge in [0.25, 0.3) is 0 Å². The Kier molecular flexibility index (Phi) is 4.57. The quantitative estimate of drug-likeness (QED) is 0.652. The van der Waals surface area contributed by atoms with Crippen LogP contribution in [0.4, 0.5) is 23.1 Å². The molecule has 1 aromatic heterocycles. The van der Waals surface area contributed by atoms with Gasteiger partial charge in [0, 0.05) is 27.6 Å². The maximum absolute atomic E-state index is 4.53. The summed E-state index contributed by atoms with van der Waals surface area (Å²) in [5, 5.41) is 6.54. The van der Waals surface area contributed by atoms with Crippen molar-refractivity contribution in [1.29, 1.82) is 0 Å². The first-order chi connectivity index (χ1) is 11.1. The molecule has 3 rings (SSSR count). The lowest BCUT2D eigenvalue weighted by Gasteiger charge is -2.10. The summed E-state index contributed by atoms with van der Waals surface area (Å²) in [6, 6.07) is 18.0. The third-order valence-electron chi connectivity index (χ3n) is 3.26. The van der Waals surface area contributed by atoms with Gasteiger partial charge in [-0.2, -0.15) is 4.98 Å². The predicted molar refractivity (Wildman–Crippen MR) is 98.7 cm³/mol. The molecule has 0 unspecified atom stereocenters. The van der Waals surface area contributed by atoms with Gasteiger partial charge in [0.05, 0.1) is 0 Å². The van der Waals surface area contributed by atoms with E-state index in [-0.39, 0.29) is 0 Å². The van der Waals surface area contributed by atoms with E-state index in [9.17, 15) is 0 Å². The molecule has 0 radical (unpaired) electrons. The van der Waals surface area contributed by atoms with Gasteiger partial charge in [0.1, 0.15) is 5.82 Å². The number of nitrogens with zero attached hydrogens (tertiary/aromatic N) is 2. The molecule has 0 saturated heterocycles. The topological polar surface area (TPSA) is 49.8 Å². The van der Waals surface area contributed by atoms with Crippen molar-refractivity contribution >= 4 is 39.1 Å². The number of benzene rings is 2. The molecule has 5 heteroatoms. The Balaban J connectivity index is 1.82. The molecular formula is C18H17BrN4. The van der Waals surface area contributed by atoms with Crippen molar-refractivity contribution < 1.29 is 0 Å². The summed E-state index contributed by atoms with van der Waals surface area (Å²) in [6.07, 6.45) is 0. The molecule has 1 heterocycles. The Bertz CT molecular complexity index is 816. The highest BCUT2D eigenvalue weighted by molar-refractivity contribution is 9.10. The largest absolute Gasteiger partial charge is 0.340 e. The van der Waals surface area contributed by atoms with E-state index in [1.807, 2.05) is 49.4 Å². The first kappa shape index (κ1) is 15.5. The van der Waals surface area contributed by atoms with Gasteiger partial charge in [0.15, 0.2) is 0 Å². The molecule has 0 atom stereocenters. The van der Waals surface area contributed by atoms with Crippen LogP contribution in [0.2, 0.25) is 0 Å². The summed E-state index contributed by atoms with van der Waals surface area (Å²) in [5.41, 5.74) is 4.06. The summed E-state index contributed by atoms with van der Waals surface area (Å²) in [4.78, 5) is 8.96. The third-order valence-corrected chi connectivity index (χ3v) is 3.75. The van der Waals surface area contributed by atoms with Crippen LogP contribution < -0.4 is 10.6 Å². The maximum Gasteiger partial charge on any atom is 0.229 e. The second-order valence-corrected chi connectivity index (χ2v) is 6.26. The van der Waals surface area contributed by atoms with E-state index in [1.54, 1.807) is 0 Å². The van der Waals surface area contributed by atoms with Crippen LogP contribution in [0.25, 0.3) is 0 Å². The summed E-state index contributed by atoms with van der Waals surface area (Å²) < 4.78 is 1.01. The van der Waals surface area contributed by atoms with Crippen LogP contribution in [0.3, 0.4) is 0 Å². The second-order valence-electron chi connectivity index (χ2n) is 5.34. The molecule has 0 aliphatic heterocycles. The van der Waals surface area contributed by atoms with E-state index < -0.39 is 0 Å². The summed E-state index contributed by atoms with van der Waals surface area (Å²) in [6.45, 7) is 4.02. The average molecular weight is 369 g/mol. The van der Waals surface area contributed by atoms with E-state index in [1.165, 1.54) is 5.56 Å². The van der Waals surface area contributed by atoms with E-state index in [0.29, 0.717) is 5.95 Å². The number of rotatable bonds is 4. The van der Waals surface area contributed by atoms with Crippen molar-refractivity contribution in [1.82, 2.24) is 9.97 Å². The predicted octanol–water partition coefficient (Wildman–Crippen LogP) is 5.34. The lowest BCUT2D eigenvalue weighted by molar-refractivity contribution is 1.11. The van der Waals surface area contributed by atoms with Crippen molar-refractivity contribution in [3.05, 3.63) is 70.3 Å². The van der Waals surface area contributed by atoms with Gasteiger partial charge in [-0.1, -0.05) is 39.7 Å². The van der Waals surface area contributed by atoms with E-state index in [0.717, 1.165) is 27.4 Å². The maximum atomic E-state index is 4.53. The SMILES string of the molecule is Cc1ccc(Nc2cc(C)nc(Nc3cccc(Br)c3)n2)cc1. The number of aryl methyl sites for hydroxylation is 2. The Hall–Kier alpha value is -2.40. The van der Waals surface area contributed by atoms with Gasteiger partial charge in [-0.05, 0) is 44.2 Å². The summed E-state index contributed by atoms with van der Waals surface area (Å²) >= 11 is 3.46. The van der Waals surface area contributed by atoms with Gasteiger partial charge in [-0.25, -0.2) is 4.98 Å². The zero-order valence-corrected chi connectivity index (χ0v) is 14.6. The van der Waals surface area contributed by atoms with E-state index in [2.05, 4.69) is 55.6 Å². The minimum absolute atomic E-state index is 0.567. The van der Waals surface area contributed by atoms with Gasteiger partial charge in [-0.15, -0.1) is 0 Å². The third kappa shape index (κ3) is 4.29. The molecular weight excluding hydrogens is 352 g/mol. The molecule has 0 spiro atoms. The number of nitrogens with one attached hydrogen (secondary N) is 2. The van der Waals surface area contributed by atoms with Gasteiger partial charge in [0.2, 0.25) is 5.95 Å². The molecule has 2 N–H and O–H groups in total. The molecule has 2 aromatic carbocycles.